The first-order valence-electron chi connectivity index (χ1n) is 4.11. The van der Waals surface area contributed by atoms with Crippen molar-refractivity contribution >= 4 is 17.6 Å². The Labute approximate surface area is 89.5 Å². The molecule has 4 nitrogen and oxygen atoms in total. The summed E-state index contributed by atoms with van der Waals surface area (Å²) >= 11 is 5.60. The second-order valence-corrected chi connectivity index (χ2v) is 3.42. The molecule has 0 aromatic carbocycles. The predicted molar refractivity (Wildman–Crippen MR) is 49.3 cm³/mol. The van der Waals surface area contributed by atoms with Crippen LogP contribution in [0.5, 0.6) is 0 Å². The van der Waals surface area contributed by atoms with Gasteiger partial charge in [0.25, 0.3) is 6.43 Å². The summed E-state index contributed by atoms with van der Waals surface area (Å²) in [6, 6.07) is -1.02. The standard InChI is InChI=1S/C8H9ClF2N2O2/c1-3-5(9)6(7(10)11)12-13(3)4(2)8(14)15/h4,7H,1-2H3,(H,14,15). The zero-order valence-corrected chi connectivity index (χ0v) is 8.79. The highest BCUT2D eigenvalue weighted by Crippen LogP contribution is 2.30. The molecule has 1 unspecified atom stereocenters. The minimum atomic E-state index is -2.81. The van der Waals surface area contributed by atoms with Crippen LogP contribution in [-0.2, 0) is 4.79 Å². The van der Waals surface area contributed by atoms with Gasteiger partial charge >= 0.3 is 5.97 Å². The maximum Gasteiger partial charge on any atom is 0.328 e. The molecule has 1 rings (SSSR count). The largest absolute Gasteiger partial charge is 0.480 e. The van der Waals surface area contributed by atoms with E-state index in [1.54, 1.807) is 0 Å². The molecule has 1 atom stereocenters. The number of halogens is 3. The van der Waals surface area contributed by atoms with Crippen molar-refractivity contribution in [3.63, 3.8) is 0 Å². The Balaban J connectivity index is 3.21. The minimum absolute atomic E-state index is 0.182. The zero-order chi connectivity index (χ0) is 11.7. The van der Waals surface area contributed by atoms with Crippen LogP contribution in [-0.4, -0.2) is 20.9 Å². The fraction of sp³-hybridized carbons (Fsp3) is 0.500. The van der Waals surface area contributed by atoms with Crippen LogP contribution in [0.15, 0.2) is 0 Å². The van der Waals surface area contributed by atoms with Crippen LogP contribution >= 0.6 is 11.6 Å². The Morgan fingerprint density at radius 2 is 2.13 bits per heavy atom. The Bertz CT molecular complexity index is 392. The lowest BCUT2D eigenvalue weighted by Gasteiger charge is -2.08. The Kier molecular flexibility index (Phi) is 3.28. The molecule has 1 aromatic rings. The van der Waals surface area contributed by atoms with Crippen LogP contribution in [0.25, 0.3) is 0 Å². The molecular weight excluding hydrogens is 230 g/mol. The number of rotatable bonds is 3. The summed E-state index contributed by atoms with van der Waals surface area (Å²) in [4.78, 5) is 10.7. The number of hydrogen-bond acceptors (Lipinski definition) is 2. The number of aromatic nitrogens is 2. The number of alkyl halides is 2. The van der Waals surface area contributed by atoms with Gasteiger partial charge in [-0.2, -0.15) is 5.10 Å². The molecule has 0 radical (unpaired) electrons. The summed E-state index contributed by atoms with van der Waals surface area (Å²) in [6.45, 7) is 2.79. The van der Waals surface area contributed by atoms with Gasteiger partial charge in [0.15, 0.2) is 0 Å². The van der Waals surface area contributed by atoms with Crippen LogP contribution < -0.4 is 0 Å². The SMILES string of the molecule is Cc1c(Cl)c(C(F)F)nn1C(C)C(=O)O. The number of carboxylic acids is 1. The van der Waals surface area contributed by atoms with Gasteiger partial charge in [0.1, 0.15) is 11.7 Å². The van der Waals surface area contributed by atoms with E-state index < -0.39 is 24.1 Å². The van der Waals surface area contributed by atoms with E-state index in [2.05, 4.69) is 5.10 Å². The average Bonchev–Trinajstić information content (AvgIpc) is 2.43. The molecule has 7 heteroatoms. The zero-order valence-electron chi connectivity index (χ0n) is 8.04. The lowest BCUT2D eigenvalue weighted by Crippen LogP contribution is -2.18. The summed E-state index contributed by atoms with van der Waals surface area (Å²) in [5.41, 5.74) is -0.357. The van der Waals surface area contributed by atoms with Gasteiger partial charge in [0, 0.05) is 0 Å². The van der Waals surface area contributed by atoms with Gasteiger partial charge in [-0.1, -0.05) is 11.6 Å². The molecule has 1 aromatic heterocycles. The van der Waals surface area contributed by atoms with Gasteiger partial charge in [0.05, 0.1) is 10.7 Å². The molecule has 0 aliphatic carbocycles. The van der Waals surface area contributed by atoms with E-state index in [4.69, 9.17) is 16.7 Å². The van der Waals surface area contributed by atoms with Crippen molar-refractivity contribution in [2.45, 2.75) is 26.3 Å². The van der Waals surface area contributed by atoms with Crippen LogP contribution in [0.2, 0.25) is 5.02 Å². The molecule has 0 amide bonds. The number of carboxylic acid groups (broad SMARTS) is 1. The Morgan fingerprint density at radius 1 is 1.60 bits per heavy atom. The summed E-state index contributed by atoms with van der Waals surface area (Å²) < 4.78 is 25.7. The summed E-state index contributed by atoms with van der Waals surface area (Å²) in [7, 11) is 0. The van der Waals surface area contributed by atoms with E-state index in [1.165, 1.54) is 13.8 Å². The molecule has 0 aliphatic rings. The van der Waals surface area contributed by atoms with E-state index in [0.29, 0.717) is 0 Å². The van der Waals surface area contributed by atoms with Gasteiger partial charge in [-0.3, -0.25) is 4.68 Å². The molecule has 0 fully saturated rings. The normalized spacial score (nSPS) is 13.2. The highest BCUT2D eigenvalue weighted by molar-refractivity contribution is 6.31. The fourth-order valence-corrected chi connectivity index (χ4v) is 1.35. The van der Waals surface area contributed by atoms with Crippen molar-refractivity contribution in [1.82, 2.24) is 9.78 Å². The molecule has 1 heterocycles. The van der Waals surface area contributed by atoms with E-state index in [-0.39, 0.29) is 10.7 Å². The van der Waals surface area contributed by atoms with Crippen molar-refractivity contribution in [3.8, 4) is 0 Å². The number of aliphatic carboxylic acids is 1. The first-order valence-corrected chi connectivity index (χ1v) is 4.49. The second kappa shape index (κ2) is 4.14. The first-order chi connectivity index (χ1) is 6.86. The lowest BCUT2D eigenvalue weighted by molar-refractivity contribution is -0.140. The van der Waals surface area contributed by atoms with Crippen LogP contribution in [0, 0.1) is 6.92 Å². The number of nitrogens with zero attached hydrogens (tertiary/aromatic N) is 2. The highest BCUT2D eigenvalue weighted by atomic mass is 35.5. The summed E-state index contributed by atoms with van der Waals surface area (Å²) in [5, 5.41) is 12.0. The average molecular weight is 239 g/mol. The second-order valence-electron chi connectivity index (χ2n) is 3.04. The van der Waals surface area contributed by atoms with Crippen molar-refractivity contribution < 1.29 is 18.7 Å². The maximum absolute atomic E-state index is 12.4. The molecule has 0 saturated carbocycles. The van der Waals surface area contributed by atoms with Gasteiger partial charge < -0.3 is 5.11 Å². The third-order valence-corrected chi connectivity index (χ3v) is 2.50. The van der Waals surface area contributed by atoms with Crippen molar-refractivity contribution in [2.75, 3.05) is 0 Å². The molecular formula is C8H9ClF2N2O2. The fourth-order valence-electron chi connectivity index (χ4n) is 1.14. The molecule has 0 aliphatic heterocycles. The maximum atomic E-state index is 12.4. The van der Waals surface area contributed by atoms with Crippen LogP contribution in [0.3, 0.4) is 0 Å². The smallest absolute Gasteiger partial charge is 0.328 e. The summed E-state index contributed by atoms with van der Waals surface area (Å²) in [5.74, 6) is -1.15. The molecule has 0 bridgehead atoms. The Morgan fingerprint density at radius 3 is 2.47 bits per heavy atom. The van der Waals surface area contributed by atoms with Crippen molar-refractivity contribution in [2.24, 2.45) is 0 Å². The third kappa shape index (κ3) is 2.09. The first kappa shape index (κ1) is 11.9. The topological polar surface area (TPSA) is 55.1 Å². The Hall–Kier alpha value is -1.17. The highest BCUT2D eigenvalue weighted by Gasteiger charge is 2.25. The molecule has 0 saturated heterocycles. The van der Waals surface area contributed by atoms with Crippen LogP contribution in [0.4, 0.5) is 8.78 Å². The molecule has 15 heavy (non-hydrogen) atoms. The molecule has 1 N–H and O–H groups in total. The van der Waals surface area contributed by atoms with E-state index >= 15 is 0 Å². The third-order valence-electron chi connectivity index (χ3n) is 2.03. The number of hydrogen-bond donors (Lipinski definition) is 1. The molecule has 84 valence electrons. The van der Waals surface area contributed by atoms with Gasteiger partial charge in [0.2, 0.25) is 0 Å². The van der Waals surface area contributed by atoms with Crippen molar-refractivity contribution in [1.29, 1.82) is 0 Å². The quantitative estimate of drug-likeness (QED) is 0.880. The summed E-state index contributed by atoms with van der Waals surface area (Å²) in [6.07, 6.45) is -2.81. The van der Waals surface area contributed by atoms with Gasteiger partial charge in [-0.25, -0.2) is 13.6 Å². The van der Waals surface area contributed by atoms with Crippen molar-refractivity contribution in [3.05, 3.63) is 16.4 Å². The van der Waals surface area contributed by atoms with E-state index in [9.17, 15) is 13.6 Å². The van der Waals surface area contributed by atoms with E-state index in [0.717, 1.165) is 4.68 Å². The lowest BCUT2D eigenvalue weighted by atomic mass is 10.3. The molecule has 0 spiro atoms. The van der Waals surface area contributed by atoms with Gasteiger partial charge in [-0.15, -0.1) is 0 Å². The monoisotopic (exact) mass is 238 g/mol. The van der Waals surface area contributed by atoms with Gasteiger partial charge in [-0.05, 0) is 13.8 Å². The van der Waals surface area contributed by atoms with E-state index in [1.807, 2.05) is 0 Å². The van der Waals surface area contributed by atoms with Crippen LogP contribution in [0.1, 0.15) is 30.8 Å². The minimum Gasteiger partial charge on any atom is -0.480 e. The number of carbonyl (C=O) groups is 1. The predicted octanol–water partition coefficient (Wildman–Crippen LogP) is 2.43.